The molecule has 10 heteroatoms. The maximum Gasteiger partial charge on any atom is 0.324 e. The first kappa shape index (κ1) is 24.9. The Morgan fingerprint density at radius 3 is 1.50 bits per heavy atom. The van der Waals surface area contributed by atoms with Crippen molar-refractivity contribution in [3.05, 3.63) is 65.5 Å². The molecule has 0 aliphatic carbocycles. The van der Waals surface area contributed by atoms with Crippen molar-refractivity contribution >= 4 is 33.3 Å². The third-order valence-electron chi connectivity index (χ3n) is 4.85. The smallest absolute Gasteiger partial charge is 0.324 e. The van der Waals surface area contributed by atoms with E-state index in [1.54, 1.807) is 0 Å². The summed E-state index contributed by atoms with van der Waals surface area (Å²) in [6.45, 7) is 0. The normalized spacial score (nSPS) is 11.5. The minimum Gasteiger partial charge on any atom is -0.468 e. The van der Waals surface area contributed by atoms with E-state index in [1.165, 1.54) is 36.4 Å². The van der Waals surface area contributed by atoms with Gasteiger partial charge >= 0.3 is 11.9 Å². The Kier molecular flexibility index (Phi) is 7.63. The molecule has 0 bridgehead atoms. The van der Waals surface area contributed by atoms with Crippen molar-refractivity contribution < 1.29 is 41.5 Å². The number of sulfone groups is 1. The largest absolute Gasteiger partial charge is 0.468 e. The second-order valence-electron chi connectivity index (χ2n) is 7.07. The van der Waals surface area contributed by atoms with Gasteiger partial charge in [0.1, 0.15) is 5.82 Å². The molecule has 0 fully saturated rings. The molecule has 0 unspecified atom stereocenters. The molecule has 0 radical (unpaired) electrons. The van der Waals surface area contributed by atoms with E-state index in [9.17, 15) is 32.0 Å². The Bertz CT molecular complexity index is 1120. The molecule has 32 heavy (non-hydrogen) atoms. The zero-order valence-corrected chi connectivity index (χ0v) is 18.4. The first-order valence-electron chi connectivity index (χ1n) is 9.23. The summed E-state index contributed by atoms with van der Waals surface area (Å²) in [5, 5.41) is 0. The number of hydrogen-bond acceptors (Lipinski definition) is 8. The highest BCUT2D eigenvalue weighted by atomic mass is 32.2. The van der Waals surface area contributed by atoms with Crippen molar-refractivity contribution in [2.24, 2.45) is 5.41 Å². The van der Waals surface area contributed by atoms with E-state index in [4.69, 9.17) is 9.47 Å². The zero-order chi connectivity index (χ0) is 24.1. The van der Waals surface area contributed by atoms with Gasteiger partial charge in [-0.05, 0) is 36.4 Å². The highest BCUT2D eigenvalue weighted by Gasteiger charge is 2.51. The molecule has 170 valence electrons. The van der Waals surface area contributed by atoms with Crippen LogP contribution in [-0.4, -0.2) is 52.4 Å². The van der Waals surface area contributed by atoms with Crippen LogP contribution >= 0.6 is 0 Å². The quantitative estimate of drug-likeness (QED) is 0.315. The number of benzene rings is 2. The maximum atomic E-state index is 13.2. The molecular formula is C22H21FO8S. The van der Waals surface area contributed by atoms with Crippen molar-refractivity contribution in [1.29, 1.82) is 0 Å². The number of hydrogen-bond donors (Lipinski definition) is 0. The van der Waals surface area contributed by atoms with Crippen LogP contribution in [0.4, 0.5) is 4.39 Å². The highest BCUT2D eigenvalue weighted by Crippen LogP contribution is 2.34. The van der Waals surface area contributed by atoms with E-state index < -0.39 is 57.4 Å². The SMILES string of the molecule is COC(=O)C(CC(=O)c1ccc(F)cc1)(CC(=O)c1ccc(S(C)(=O)=O)cc1)C(=O)OC. The van der Waals surface area contributed by atoms with Gasteiger partial charge in [0.15, 0.2) is 26.8 Å². The molecule has 0 amide bonds. The second-order valence-corrected chi connectivity index (χ2v) is 9.08. The Morgan fingerprint density at radius 1 is 0.781 bits per heavy atom. The Labute approximate surface area is 184 Å². The van der Waals surface area contributed by atoms with Crippen LogP contribution in [0.1, 0.15) is 33.6 Å². The van der Waals surface area contributed by atoms with Crippen molar-refractivity contribution in [3.63, 3.8) is 0 Å². The number of methoxy groups -OCH3 is 2. The zero-order valence-electron chi connectivity index (χ0n) is 17.6. The van der Waals surface area contributed by atoms with Gasteiger partial charge in [-0.15, -0.1) is 0 Å². The minimum atomic E-state index is -3.50. The average Bonchev–Trinajstić information content (AvgIpc) is 2.77. The predicted molar refractivity (Wildman–Crippen MR) is 110 cm³/mol. The van der Waals surface area contributed by atoms with Crippen LogP contribution in [-0.2, 0) is 28.9 Å². The summed E-state index contributed by atoms with van der Waals surface area (Å²) >= 11 is 0. The summed E-state index contributed by atoms with van der Waals surface area (Å²) in [5.41, 5.74) is -2.25. The van der Waals surface area contributed by atoms with Gasteiger partial charge in [0.25, 0.3) is 0 Å². The van der Waals surface area contributed by atoms with Crippen molar-refractivity contribution in [3.8, 4) is 0 Å². The van der Waals surface area contributed by atoms with Gasteiger partial charge in [-0.2, -0.15) is 0 Å². The van der Waals surface area contributed by atoms with Gasteiger partial charge in [-0.25, -0.2) is 12.8 Å². The van der Waals surface area contributed by atoms with E-state index in [0.717, 1.165) is 32.6 Å². The fourth-order valence-corrected chi connectivity index (χ4v) is 3.73. The lowest BCUT2D eigenvalue weighted by Gasteiger charge is -2.27. The highest BCUT2D eigenvalue weighted by molar-refractivity contribution is 7.90. The molecule has 2 aromatic carbocycles. The monoisotopic (exact) mass is 464 g/mol. The fourth-order valence-electron chi connectivity index (χ4n) is 3.10. The fraction of sp³-hybridized carbons (Fsp3) is 0.273. The Balaban J connectivity index is 2.44. The van der Waals surface area contributed by atoms with Gasteiger partial charge < -0.3 is 9.47 Å². The maximum absolute atomic E-state index is 13.2. The van der Waals surface area contributed by atoms with Gasteiger partial charge in [0.05, 0.1) is 19.1 Å². The van der Waals surface area contributed by atoms with Crippen LogP contribution in [0.15, 0.2) is 53.4 Å². The number of carbonyl (C=O) groups is 4. The topological polar surface area (TPSA) is 121 Å². The van der Waals surface area contributed by atoms with Crippen LogP contribution in [0.3, 0.4) is 0 Å². The molecule has 0 atom stereocenters. The average molecular weight is 464 g/mol. The number of ketones is 2. The second kappa shape index (κ2) is 9.82. The molecule has 0 saturated carbocycles. The van der Waals surface area contributed by atoms with Crippen LogP contribution in [0.2, 0.25) is 0 Å². The Morgan fingerprint density at radius 2 is 1.16 bits per heavy atom. The molecule has 0 N–H and O–H groups in total. The third kappa shape index (κ3) is 5.44. The molecule has 8 nitrogen and oxygen atoms in total. The van der Waals surface area contributed by atoms with Crippen LogP contribution in [0, 0.1) is 11.2 Å². The number of Topliss-reactive ketones (excluding diaryl/α,β-unsaturated/α-hetero) is 2. The lowest BCUT2D eigenvalue weighted by Crippen LogP contribution is -2.44. The van der Waals surface area contributed by atoms with E-state index in [-0.39, 0.29) is 16.0 Å². The molecule has 0 spiro atoms. The number of ether oxygens (including phenoxy) is 2. The summed E-state index contributed by atoms with van der Waals surface area (Å²) in [6.07, 6.45) is -0.521. The van der Waals surface area contributed by atoms with E-state index in [0.29, 0.717) is 0 Å². The standard InChI is InChI=1S/C22H21FO8S/c1-30-20(26)22(21(27)31-2,12-18(24)14-4-8-16(23)9-5-14)13-19(25)15-6-10-17(11-7-15)32(3,28)29/h4-11H,12-13H2,1-3H3. The van der Waals surface area contributed by atoms with Crippen LogP contribution in [0.25, 0.3) is 0 Å². The summed E-state index contributed by atoms with van der Waals surface area (Å²) in [4.78, 5) is 50.9. The van der Waals surface area contributed by atoms with Crippen LogP contribution in [0.5, 0.6) is 0 Å². The molecule has 0 aromatic heterocycles. The summed E-state index contributed by atoms with van der Waals surface area (Å²) < 4.78 is 45.8. The first-order chi connectivity index (χ1) is 14.9. The molecular weight excluding hydrogens is 443 g/mol. The van der Waals surface area contributed by atoms with Crippen LogP contribution < -0.4 is 0 Å². The molecule has 2 aromatic rings. The molecule has 0 aliphatic heterocycles. The van der Waals surface area contributed by atoms with E-state index in [2.05, 4.69) is 0 Å². The lowest BCUT2D eigenvalue weighted by atomic mass is 9.76. The lowest BCUT2D eigenvalue weighted by molar-refractivity contribution is -0.168. The van der Waals surface area contributed by atoms with Crippen molar-refractivity contribution in [2.75, 3.05) is 20.5 Å². The first-order valence-corrected chi connectivity index (χ1v) is 11.1. The van der Waals surface area contributed by atoms with Gasteiger partial charge in [-0.3, -0.25) is 19.2 Å². The van der Waals surface area contributed by atoms with Crippen molar-refractivity contribution in [1.82, 2.24) is 0 Å². The molecule has 0 heterocycles. The van der Waals surface area contributed by atoms with E-state index >= 15 is 0 Å². The molecule has 0 saturated heterocycles. The van der Waals surface area contributed by atoms with E-state index in [1.807, 2.05) is 0 Å². The molecule has 2 rings (SSSR count). The molecule has 0 aliphatic rings. The van der Waals surface area contributed by atoms with Gasteiger partial charge in [0.2, 0.25) is 0 Å². The van der Waals surface area contributed by atoms with Crippen molar-refractivity contribution in [2.45, 2.75) is 17.7 Å². The Hall–Kier alpha value is -3.40. The summed E-state index contributed by atoms with van der Waals surface area (Å²) in [5.74, 6) is -4.31. The number of carbonyl (C=O) groups excluding carboxylic acids is 4. The summed E-state index contributed by atoms with van der Waals surface area (Å²) in [6, 6.07) is 9.35. The number of esters is 2. The summed E-state index contributed by atoms with van der Waals surface area (Å²) in [7, 11) is -1.51. The third-order valence-corrected chi connectivity index (χ3v) is 5.98. The van der Waals surface area contributed by atoms with Gasteiger partial charge in [-0.1, -0.05) is 12.1 Å². The minimum absolute atomic E-state index is 0.0174. The number of rotatable bonds is 9. The predicted octanol–water partition coefficient (Wildman–Crippen LogP) is 2.41. The number of halogens is 1. The van der Waals surface area contributed by atoms with Gasteiger partial charge in [0, 0.05) is 30.2 Å².